The summed E-state index contributed by atoms with van der Waals surface area (Å²) in [7, 11) is -3.61. The maximum atomic E-state index is 13.3. The maximum Gasteiger partial charge on any atom is 0.308 e. The van der Waals surface area contributed by atoms with E-state index in [-0.39, 0.29) is 29.2 Å². The molecule has 1 aromatic heterocycles. The summed E-state index contributed by atoms with van der Waals surface area (Å²) >= 11 is 0. The summed E-state index contributed by atoms with van der Waals surface area (Å²) in [6.07, 6.45) is 2.42. The first-order valence-electron chi connectivity index (χ1n) is 10.3. The zero-order valence-corrected chi connectivity index (χ0v) is 18.1. The first-order valence-corrected chi connectivity index (χ1v) is 11.9. The van der Waals surface area contributed by atoms with E-state index in [1.54, 1.807) is 35.4 Å². The van der Waals surface area contributed by atoms with Gasteiger partial charge in [-0.1, -0.05) is 42.5 Å². The van der Waals surface area contributed by atoms with Gasteiger partial charge in [0, 0.05) is 12.5 Å². The highest BCUT2D eigenvalue weighted by molar-refractivity contribution is 7.87. The second-order valence-corrected chi connectivity index (χ2v) is 9.57. The fraction of sp³-hybridized carbons (Fsp3) is 0.292. The number of rotatable bonds is 9. The van der Waals surface area contributed by atoms with Gasteiger partial charge >= 0.3 is 10.1 Å². The van der Waals surface area contributed by atoms with Crippen molar-refractivity contribution in [1.82, 2.24) is 4.90 Å². The van der Waals surface area contributed by atoms with Gasteiger partial charge in [0.25, 0.3) is 0 Å². The van der Waals surface area contributed by atoms with Crippen molar-refractivity contribution in [2.75, 3.05) is 5.75 Å². The van der Waals surface area contributed by atoms with Gasteiger partial charge in [-0.3, -0.25) is 4.79 Å². The van der Waals surface area contributed by atoms with Gasteiger partial charge in [0.15, 0.2) is 0 Å². The molecule has 6 nitrogen and oxygen atoms in total. The smallest absolute Gasteiger partial charge is 0.308 e. The predicted octanol–water partition coefficient (Wildman–Crippen LogP) is 4.34. The van der Waals surface area contributed by atoms with Gasteiger partial charge in [0.05, 0.1) is 18.6 Å². The highest BCUT2D eigenvalue weighted by Crippen LogP contribution is 2.48. The Morgan fingerprint density at radius 1 is 1.06 bits per heavy atom. The number of amides is 1. The average Bonchev–Trinajstić information content (AvgIpc) is 3.41. The zero-order chi connectivity index (χ0) is 21.8. The van der Waals surface area contributed by atoms with Crippen molar-refractivity contribution in [3.05, 3.63) is 89.9 Å². The third-order valence-corrected chi connectivity index (χ3v) is 6.58. The van der Waals surface area contributed by atoms with Crippen LogP contribution in [-0.4, -0.2) is 25.0 Å². The summed E-state index contributed by atoms with van der Waals surface area (Å²) in [6.45, 7) is 2.21. The molecule has 0 saturated heterocycles. The summed E-state index contributed by atoms with van der Waals surface area (Å²) in [5.41, 5.74) is 1.97. The van der Waals surface area contributed by atoms with Crippen LogP contribution >= 0.6 is 0 Å². The number of hydrogen-bond donors (Lipinski definition) is 0. The van der Waals surface area contributed by atoms with Crippen molar-refractivity contribution in [2.45, 2.75) is 32.4 Å². The minimum absolute atomic E-state index is 0.0581. The molecule has 7 heteroatoms. The van der Waals surface area contributed by atoms with E-state index in [9.17, 15) is 13.2 Å². The number of hydrogen-bond acceptors (Lipinski definition) is 5. The van der Waals surface area contributed by atoms with Crippen molar-refractivity contribution in [3.8, 4) is 5.75 Å². The minimum Gasteiger partial charge on any atom is -0.467 e. The molecule has 0 bridgehead atoms. The normalized spacial score (nSPS) is 17.8. The van der Waals surface area contributed by atoms with E-state index in [1.807, 2.05) is 30.3 Å². The van der Waals surface area contributed by atoms with Crippen molar-refractivity contribution in [3.63, 3.8) is 0 Å². The van der Waals surface area contributed by atoms with Crippen molar-refractivity contribution in [2.24, 2.45) is 5.92 Å². The van der Waals surface area contributed by atoms with E-state index in [1.165, 1.54) is 12.5 Å². The third-order valence-electron chi connectivity index (χ3n) is 5.42. The molecule has 3 aromatic rings. The van der Waals surface area contributed by atoms with Crippen molar-refractivity contribution < 1.29 is 21.8 Å². The summed E-state index contributed by atoms with van der Waals surface area (Å²) < 4.78 is 34.2. The Morgan fingerprint density at radius 2 is 1.87 bits per heavy atom. The van der Waals surface area contributed by atoms with E-state index in [0.717, 1.165) is 12.0 Å². The topological polar surface area (TPSA) is 76.8 Å². The lowest BCUT2D eigenvalue weighted by Gasteiger charge is -2.22. The quantitative estimate of drug-likeness (QED) is 0.464. The van der Waals surface area contributed by atoms with E-state index in [4.69, 9.17) is 8.60 Å². The largest absolute Gasteiger partial charge is 0.467 e. The summed E-state index contributed by atoms with van der Waals surface area (Å²) in [4.78, 5) is 15.1. The Morgan fingerprint density at radius 3 is 2.58 bits per heavy atom. The lowest BCUT2D eigenvalue weighted by Crippen LogP contribution is -2.31. The van der Waals surface area contributed by atoms with Crippen LogP contribution in [-0.2, 0) is 28.0 Å². The highest BCUT2D eigenvalue weighted by atomic mass is 32.2. The van der Waals surface area contributed by atoms with E-state index in [0.29, 0.717) is 18.8 Å². The van der Waals surface area contributed by atoms with Gasteiger partial charge < -0.3 is 13.5 Å². The molecule has 2 unspecified atom stereocenters. The SMILES string of the molecule is CCS(=O)(=O)Oc1cccc(CN(Cc2ccco2)C(=O)C2CC2c2ccccc2)c1. The van der Waals surface area contributed by atoms with Gasteiger partial charge in [-0.2, -0.15) is 8.42 Å². The fourth-order valence-corrected chi connectivity index (χ4v) is 4.21. The molecule has 1 amide bonds. The van der Waals surface area contributed by atoms with Crippen LogP contribution < -0.4 is 4.18 Å². The van der Waals surface area contributed by atoms with E-state index < -0.39 is 10.1 Å². The van der Waals surface area contributed by atoms with E-state index in [2.05, 4.69) is 12.1 Å². The molecule has 1 fully saturated rings. The molecular weight excluding hydrogens is 414 g/mol. The number of nitrogens with zero attached hydrogens (tertiary/aromatic N) is 1. The standard InChI is InChI=1S/C24H25NO5S/c1-2-31(27,28)30-20-11-6-8-18(14-20)16-25(17-21-12-7-13-29-21)24(26)23-15-22(23)19-9-4-3-5-10-19/h3-14,22-23H,2,15-17H2,1H3. The molecule has 31 heavy (non-hydrogen) atoms. The Kier molecular flexibility index (Phi) is 6.13. The number of furan rings is 1. The zero-order valence-electron chi connectivity index (χ0n) is 17.3. The molecule has 0 aliphatic heterocycles. The molecular formula is C24H25NO5S. The van der Waals surface area contributed by atoms with E-state index >= 15 is 0 Å². The van der Waals surface area contributed by atoms with Crippen LogP contribution in [0.2, 0.25) is 0 Å². The molecule has 1 heterocycles. The molecule has 1 aliphatic rings. The van der Waals surface area contributed by atoms with Crippen molar-refractivity contribution >= 4 is 16.0 Å². The summed E-state index contributed by atoms with van der Waals surface area (Å²) in [6, 6.07) is 20.6. The second kappa shape index (κ2) is 8.98. The Bertz CT molecular complexity index is 1130. The number of benzene rings is 2. The second-order valence-electron chi connectivity index (χ2n) is 7.71. The number of carbonyl (C=O) groups is 1. The van der Waals surface area contributed by atoms with Crippen LogP contribution in [0.1, 0.15) is 36.1 Å². The summed E-state index contributed by atoms with van der Waals surface area (Å²) in [5.74, 6) is 1.08. The monoisotopic (exact) mass is 439 g/mol. The van der Waals surface area contributed by atoms with Crippen LogP contribution in [0.3, 0.4) is 0 Å². The molecule has 1 saturated carbocycles. The highest BCUT2D eigenvalue weighted by Gasteiger charge is 2.45. The van der Waals surface area contributed by atoms with Gasteiger partial charge in [0.1, 0.15) is 11.5 Å². The lowest BCUT2D eigenvalue weighted by atomic mass is 10.1. The minimum atomic E-state index is -3.61. The molecule has 4 rings (SSSR count). The van der Waals surface area contributed by atoms with Crippen LogP contribution in [0.4, 0.5) is 0 Å². The molecule has 1 aliphatic carbocycles. The van der Waals surface area contributed by atoms with Crippen LogP contribution in [0, 0.1) is 5.92 Å². The van der Waals surface area contributed by atoms with Crippen LogP contribution in [0.15, 0.2) is 77.4 Å². The molecule has 0 N–H and O–H groups in total. The Balaban J connectivity index is 1.52. The predicted molar refractivity (Wildman–Crippen MR) is 117 cm³/mol. The molecule has 0 radical (unpaired) electrons. The maximum absolute atomic E-state index is 13.3. The van der Waals surface area contributed by atoms with Gasteiger partial charge in [-0.25, -0.2) is 0 Å². The lowest BCUT2D eigenvalue weighted by molar-refractivity contribution is -0.134. The van der Waals surface area contributed by atoms with Gasteiger partial charge in [-0.05, 0) is 54.7 Å². The average molecular weight is 440 g/mol. The molecule has 162 valence electrons. The molecule has 2 atom stereocenters. The first-order chi connectivity index (χ1) is 14.9. The van der Waals surface area contributed by atoms with Crippen LogP contribution in [0.5, 0.6) is 5.75 Å². The molecule has 0 spiro atoms. The summed E-state index contributed by atoms with van der Waals surface area (Å²) in [5, 5.41) is 0. The van der Waals surface area contributed by atoms with Gasteiger partial charge in [-0.15, -0.1) is 0 Å². The molecule has 2 aromatic carbocycles. The van der Waals surface area contributed by atoms with Crippen molar-refractivity contribution in [1.29, 1.82) is 0 Å². The fourth-order valence-electron chi connectivity index (χ4n) is 3.70. The number of carbonyl (C=O) groups excluding carboxylic acids is 1. The Hall–Kier alpha value is -3.06. The third kappa shape index (κ3) is 5.35. The van der Waals surface area contributed by atoms with Gasteiger partial charge in [0.2, 0.25) is 5.91 Å². The van der Waals surface area contributed by atoms with Crippen LogP contribution in [0.25, 0.3) is 0 Å². The Labute approximate surface area is 182 Å². The first kappa shape index (κ1) is 21.2.